The Morgan fingerprint density at radius 3 is 2.25 bits per heavy atom. The monoisotopic (exact) mass is 221 g/mol. The Morgan fingerprint density at radius 2 is 1.75 bits per heavy atom. The Balaban J connectivity index is 4.21. The minimum Gasteiger partial charge on any atom is -0.375 e. The van der Waals surface area contributed by atoms with E-state index in [-0.39, 0.29) is 0 Å². The molecule has 0 aliphatic carbocycles. The van der Waals surface area contributed by atoms with Crippen LogP contribution >= 0.6 is 0 Å². The van der Waals surface area contributed by atoms with Crippen molar-refractivity contribution in [1.82, 2.24) is 4.90 Å². The van der Waals surface area contributed by atoms with Crippen molar-refractivity contribution < 1.29 is 0 Å². The number of unbranched alkanes of at least 4 members (excludes halogenated alkanes) is 2. The summed E-state index contributed by atoms with van der Waals surface area (Å²) >= 11 is 0. The Hall–Kier alpha value is -0.980. The fourth-order valence-corrected chi connectivity index (χ4v) is 1.42. The molecule has 0 aromatic rings. The second-order valence-electron chi connectivity index (χ2n) is 4.67. The fourth-order valence-electron chi connectivity index (χ4n) is 1.42. The molecule has 0 aliphatic rings. The molecule has 0 rings (SSSR count). The van der Waals surface area contributed by atoms with Gasteiger partial charge in [-0.25, -0.2) is 0 Å². The molecule has 0 saturated heterocycles. The van der Waals surface area contributed by atoms with Crippen LogP contribution in [0.15, 0.2) is 35.6 Å². The lowest BCUT2D eigenvalue weighted by Crippen LogP contribution is -2.19. The topological polar surface area (TPSA) is 3.24 Å². The van der Waals surface area contributed by atoms with Crippen molar-refractivity contribution in [3.8, 4) is 0 Å². The van der Waals surface area contributed by atoms with Gasteiger partial charge in [0.1, 0.15) is 0 Å². The van der Waals surface area contributed by atoms with Gasteiger partial charge in [-0.15, -0.1) is 0 Å². The molecule has 0 aromatic heterocycles. The van der Waals surface area contributed by atoms with Crippen molar-refractivity contribution in [2.24, 2.45) is 0 Å². The molecule has 0 unspecified atom stereocenters. The lowest BCUT2D eigenvalue weighted by Gasteiger charge is -2.22. The maximum atomic E-state index is 4.14. The summed E-state index contributed by atoms with van der Waals surface area (Å²) in [4.78, 5) is 2.25. The van der Waals surface area contributed by atoms with E-state index in [4.69, 9.17) is 0 Å². The van der Waals surface area contributed by atoms with Crippen LogP contribution in [0.2, 0.25) is 0 Å². The lowest BCUT2D eigenvalue weighted by molar-refractivity contribution is 0.409. The second-order valence-corrected chi connectivity index (χ2v) is 4.67. The highest BCUT2D eigenvalue weighted by molar-refractivity contribution is 5.29. The third-order valence-corrected chi connectivity index (χ3v) is 2.68. The van der Waals surface area contributed by atoms with E-state index in [9.17, 15) is 0 Å². The Bertz CT molecular complexity index is 267. The van der Waals surface area contributed by atoms with Crippen LogP contribution < -0.4 is 0 Å². The number of hydrogen-bond acceptors (Lipinski definition) is 1. The highest BCUT2D eigenvalue weighted by Gasteiger charge is 2.02. The number of nitrogens with zero attached hydrogens (tertiary/aromatic N) is 1. The first-order valence-corrected chi connectivity index (χ1v) is 6.21. The minimum absolute atomic E-state index is 1.10. The van der Waals surface area contributed by atoms with E-state index in [0.717, 1.165) is 12.2 Å². The summed E-state index contributed by atoms with van der Waals surface area (Å²) in [6.07, 6.45) is 8.11. The third-order valence-electron chi connectivity index (χ3n) is 2.68. The summed E-state index contributed by atoms with van der Waals surface area (Å²) in [7, 11) is 2.12. The van der Waals surface area contributed by atoms with Crippen molar-refractivity contribution in [2.75, 3.05) is 13.6 Å². The summed E-state index contributed by atoms with van der Waals surface area (Å²) in [5.74, 6) is 0. The van der Waals surface area contributed by atoms with Gasteiger partial charge in [-0.3, -0.25) is 0 Å². The molecule has 0 aromatic carbocycles. The SMILES string of the molecule is C=C(/C(C)=C\C=C(C)C)N(C)CCCCC. The highest BCUT2D eigenvalue weighted by Crippen LogP contribution is 2.12. The van der Waals surface area contributed by atoms with Gasteiger partial charge in [0.15, 0.2) is 0 Å². The van der Waals surface area contributed by atoms with Gasteiger partial charge in [0, 0.05) is 19.3 Å². The van der Waals surface area contributed by atoms with Gasteiger partial charge < -0.3 is 4.90 Å². The minimum atomic E-state index is 1.10. The molecule has 0 heterocycles. The summed E-state index contributed by atoms with van der Waals surface area (Å²) in [5, 5.41) is 0. The predicted molar refractivity (Wildman–Crippen MR) is 74.5 cm³/mol. The first-order chi connectivity index (χ1) is 7.49. The maximum Gasteiger partial charge on any atom is 0.0320 e. The van der Waals surface area contributed by atoms with Crippen LogP contribution in [0.3, 0.4) is 0 Å². The Labute approximate surface area is 102 Å². The summed E-state index contributed by atoms with van der Waals surface area (Å²) in [5.41, 5.74) is 3.70. The number of likely N-dealkylation sites (N-methyl/N-ethyl adjacent to an activating group) is 1. The predicted octanol–water partition coefficient (Wildman–Crippen LogP) is 4.53. The second kappa shape index (κ2) is 8.20. The number of allylic oxidation sites excluding steroid dienone is 4. The van der Waals surface area contributed by atoms with Crippen LogP contribution in [0.25, 0.3) is 0 Å². The standard InChI is InChI=1S/C15H27N/c1-7-8-9-12-16(6)15(5)14(4)11-10-13(2)3/h10-11H,5,7-9,12H2,1-4,6H3/b14-11-. The van der Waals surface area contributed by atoms with Crippen LogP contribution in [0.5, 0.6) is 0 Å². The molecule has 0 fully saturated rings. The van der Waals surface area contributed by atoms with E-state index >= 15 is 0 Å². The summed E-state index contributed by atoms with van der Waals surface area (Å²) in [6.45, 7) is 13.8. The van der Waals surface area contributed by atoms with Crippen molar-refractivity contribution in [3.05, 3.63) is 35.6 Å². The maximum absolute atomic E-state index is 4.14. The molecule has 0 saturated carbocycles. The van der Waals surface area contributed by atoms with Gasteiger partial charge in [0.25, 0.3) is 0 Å². The molecule has 0 spiro atoms. The van der Waals surface area contributed by atoms with E-state index in [2.05, 4.69) is 58.4 Å². The van der Waals surface area contributed by atoms with Gasteiger partial charge in [-0.1, -0.05) is 44.1 Å². The first-order valence-electron chi connectivity index (χ1n) is 6.21. The molecule has 0 amide bonds. The quantitative estimate of drug-likeness (QED) is 0.451. The molecular formula is C15H27N. The van der Waals surface area contributed by atoms with E-state index < -0.39 is 0 Å². The zero-order valence-electron chi connectivity index (χ0n) is 11.6. The molecule has 16 heavy (non-hydrogen) atoms. The van der Waals surface area contributed by atoms with Crippen LogP contribution in [0.1, 0.15) is 47.0 Å². The number of hydrogen-bond donors (Lipinski definition) is 0. The van der Waals surface area contributed by atoms with E-state index in [0.29, 0.717) is 0 Å². The molecule has 0 N–H and O–H groups in total. The Kier molecular flexibility index (Phi) is 7.70. The highest BCUT2D eigenvalue weighted by atomic mass is 15.1. The van der Waals surface area contributed by atoms with Crippen LogP contribution in [0.4, 0.5) is 0 Å². The fraction of sp³-hybridized carbons (Fsp3) is 0.600. The largest absolute Gasteiger partial charge is 0.375 e. The molecule has 92 valence electrons. The van der Waals surface area contributed by atoms with E-state index in [1.54, 1.807) is 0 Å². The van der Waals surface area contributed by atoms with Crippen molar-refractivity contribution >= 4 is 0 Å². The van der Waals surface area contributed by atoms with E-state index in [1.807, 2.05) is 0 Å². The molecular weight excluding hydrogens is 194 g/mol. The molecule has 0 aliphatic heterocycles. The smallest absolute Gasteiger partial charge is 0.0320 e. The van der Waals surface area contributed by atoms with Gasteiger partial charge in [0.05, 0.1) is 0 Å². The average molecular weight is 221 g/mol. The molecule has 0 atom stereocenters. The van der Waals surface area contributed by atoms with Crippen molar-refractivity contribution in [3.63, 3.8) is 0 Å². The van der Waals surface area contributed by atoms with Crippen molar-refractivity contribution in [1.29, 1.82) is 0 Å². The lowest BCUT2D eigenvalue weighted by atomic mass is 10.1. The Morgan fingerprint density at radius 1 is 1.12 bits per heavy atom. The van der Waals surface area contributed by atoms with Crippen LogP contribution in [-0.4, -0.2) is 18.5 Å². The zero-order valence-corrected chi connectivity index (χ0v) is 11.6. The van der Waals surface area contributed by atoms with Crippen molar-refractivity contribution in [2.45, 2.75) is 47.0 Å². The van der Waals surface area contributed by atoms with Gasteiger partial charge in [0.2, 0.25) is 0 Å². The third kappa shape index (κ3) is 6.49. The van der Waals surface area contributed by atoms with E-state index in [1.165, 1.54) is 30.4 Å². The molecule has 0 bridgehead atoms. The average Bonchev–Trinajstić information content (AvgIpc) is 2.24. The number of rotatable bonds is 7. The van der Waals surface area contributed by atoms with Gasteiger partial charge >= 0.3 is 0 Å². The van der Waals surface area contributed by atoms with Gasteiger partial charge in [-0.05, 0) is 32.8 Å². The summed E-state index contributed by atoms with van der Waals surface area (Å²) in [6, 6.07) is 0. The first kappa shape index (κ1) is 15.0. The summed E-state index contributed by atoms with van der Waals surface area (Å²) < 4.78 is 0. The molecule has 0 radical (unpaired) electrons. The van der Waals surface area contributed by atoms with Gasteiger partial charge in [-0.2, -0.15) is 0 Å². The normalized spacial score (nSPS) is 11.2. The molecule has 1 nitrogen and oxygen atoms in total. The van der Waals surface area contributed by atoms with Crippen LogP contribution in [0, 0.1) is 0 Å². The molecule has 1 heteroatoms. The zero-order chi connectivity index (χ0) is 12.6. The van der Waals surface area contributed by atoms with Crippen LogP contribution in [-0.2, 0) is 0 Å².